The smallest absolute Gasteiger partial charge is 0.269 e. The van der Waals surface area contributed by atoms with Crippen molar-refractivity contribution >= 4 is 29.9 Å². The number of rotatable bonds is 3. The number of nitrogens with zero attached hydrogens (tertiary/aromatic N) is 1. The van der Waals surface area contributed by atoms with Gasteiger partial charge < -0.3 is 10.6 Å². The van der Waals surface area contributed by atoms with E-state index in [2.05, 4.69) is 27.8 Å². The molecule has 2 heterocycles. The van der Waals surface area contributed by atoms with Crippen LogP contribution in [0.5, 0.6) is 0 Å². The topological polar surface area (TPSA) is 69.8 Å². The predicted molar refractivity (Wildman–Crippen MR) is 94.2 cm³/mol. The summed E-state index contributed by atoms with van der Waals surface area (Å²) in [6.07, 6.45) is 1.07. The van der Waals surface area contributed by atoms with Crippen molar-refractivity contribution in [1.82, 2.24) is 20.8 Å². The molecule has 1 saturated heterocycles. The first kappa shape index (κ1) is 17.8. The summed E-state index contributed by atoms with van der Waals surface area (Å²) in [5.74, 6) is 0.358. The highest BCUT2D eigenvalue weighted by molar-refractivity contribution is 6.30. The molecule has 0 saturated carbocycles. The zero-order valence-electron chi connectivity index (χ0n) is 12.8. The van der Waals surface area contributed by atoms with Gasteiger partial charge in [0.1, 0.15) is 5.69 Å². The van der Waals surface area contributed by atoms with Crippen LogP contribution >= 0.6 is 24.0 Å². The molecule has 1 aromatic heterocycles. The maximum absolute atomic E-state index is 12.3. The Bertz CT molecular complexity index is 656. The van der Waals surface area contributed by atoms with Crippen molar-refractivity contribution < 1.29 is 4.79 Å². The van der Waals surface area contributed by atoms with E-state index in [1.165, 1.54) is 0 Å². The second-order valence-electron chi connectivity index (χ2n) is 5.72. The van der Waals surface area contributed by atoms with Crippen molar-refractivity contribution in [2.24, 2.45) is 5.92 Å². The van der Waals surface area contributed by atoms with Gasteiger partial charge in [-0.2, -0.15) is 5.10 Å². The first-order chi connectivity index (χ1) is 10.6. The van der Waals surface area contributed by atoms with E-state index < -0.39 is 0 Å². The van der Waals surface area contributed by atoms with Gasteiger partial charge in [0, 0.05) is 23.2 Å². The number of H-pyrrole nitrogens is 1. The molecule has 1 aliphatic rings. The lowest BCUT2D eigenvalue weighted by atomic mass is 9.95. The van der Waals surface area contributed by atoms with Crippen LogP contribution < -0.4 is 10.6 Å². The minimum Gasteiger partial charge on any atom is -0.346 e. The summed E-state index contributed by atoms with van der Waals surface area (Å²) in [6.45, 7) is 3.99. The second kappa shape index (κ2) is 7.81. The first-order valence-corrected chi connectivity index (χ1v) is 7.84. The first-order valence-electron chi connectivity index (χ1n) is 7.46. The summed E-state index contributed by atoms with van der Waals surface area (Å²) in [4.78, 5) is 12.3. The number of carbonyl (C=O) groups excluding carboxylic acids is 1. The molecule has 2 unspecified atom stereocenters. The molecule has 0 bridgehead atoms. The molecule has 1 amide bonds. The summed E-state index contributed by atoms with van der Waals surface area (Å²) >= 11 is 5.88. The van der Waals surface area contributed by atoms with Gasteiger partial charge in [0.2, 0.25) is 0 Å². The number of aromatic nitrogens is 2. The molecular weight excluding hydrogens is 335 g/mol. The van der Waals surface area contributed by atoms with Crippen LogP contribution in [0, 0.1) is 5.92 Å². The molecule has 5 nitrogen and oxygen atoms in total. The maximum atomic E-state index is 12.3. The van der Waals surface area contributed by atoms with Crippen LogP contribution in [0.3, 0.4) is 0 Å². The quantitative estimate of drug-likeness (QED) is 0.793. The van der Waals surface area contributed by atoms with Gasteiger partial charge in [0.15, 0.2) is 0 Å². The molecule has 0 spiro atoms. The molecular formula is C16H20Cl2N4O. The lowest BCUT2D eigenvalue weighted by Crippen LogP contribution is -2.50. The van der Waals surface area contributed by atoms with Crippen LogP contribution in [0.1, 0.15) is 23.8 Å². The Morgan fingerprint density at radius 3 is 2.78 bits per heavy atom. The third-order valence-corrected chi connectivity index (χ3v) is 4.36. The molecule has 3 rings (SSSR count). The molecule has 1 aliphatic heterocycles. The van der Waals surface area contributed by atoms with E-state index in [0.29, 0.717) is 16.6 Å². The Morgan fingerprint density at radius 2 is 2.09 bits per heavy atom. The fourth-order valence-corrected chi connectivity index (χ4v) is 2.76. The van der Waals surface area contributed by atoms with E-state index in [4.69, 9.17) is 11.6 Å². The van der Waals surface area contributed by atoms with E-state index in [0.717, 1.165) is 30.8 Å². The largest absolute Gasteiger partial charge is 0.346 e. The number of carbonyl (C=O) groups is 1. The van der Waals surface area contributed by atoms with Crippen molar-refractivity contribution in [3.8, 4) is 11.3 Å². The Morgan fingerprint density at radius 1 is 1.35 bits per heavy atom. The van der Waals surface area contributed by atoms with E-state index >= 15 is 0 Å². The highest BCUT2D eigenvalue weighted by atomic mass is 35.5. The van der Waals surface area contributed by atoms with Crippen molar-refractivity contribution in [2.75, 3.05) is 13.1 Å². The number of amides is 1. The summed E-state index contributed by atoms with van der Waals surface area (Å²) < 4.78 is 0. The molecule has 0 radical (unpaired) electrons. The summed E-state index contributed by atoms with van der Waals surface area (Å²) in [6, 6.07) is 9.30. The van der Waals surface area contributed by atoms with Gasteiger partial charge in [-0.25, -0.2) is 0 Å². The van der Waals surface area contributed by atoms with Crippen LogP contribution in [0.25, 0.3) is 11.3 Å². The summed E-state index contributed by atoms with van der Waals surface area (Å²) in [5.41, 5.74) is 2.13. The van der Waals surface area contributed by atoms with Crippen LogP contribution in [0.2, 0.25) is 5.02 Å². The monoisotopic (exact) mass is 354 g/mol. The number of nitrogens with one attached hydrogen (secondary N) is 3. The van der Waals surface area contributed by atoms with Gasteiger partial charge in [-0.1, -0.05) is 30.7 Å². The average Bonchev–Trinajstić information content (AvgIpc) is 3.00. The average molecular weight is 355 g/mol. The standard InChI is InChI=1S/C16H19ClN4O.ClH/c1-10-6-7-18-9-15(10)19-16(22)14-8-13(20-21-14)11-2-4-12(17)5-3-11;/h2-5,8,10,15,18H,6-7,9H2,1H3,(H,19,22)(H,20,21);1H. The minimum absolute atomic E-state index is 0. The zero-order chi connectivity index (χ0) is 15.5. The number of hydrogen-bond donors (Lipinski definition) is 3. The van der Waals surface area contributed by atoms with Gasteiger partial charge in [-0.05, 0) is 37.1 Å². The molecule has 3 N–H and O–H groups in total. The Kier molecular flexibility index (Phi) is 6.04. The van der Waals surface area contributed by atoms with Crippen LogP contribution in [-0.4, -0.2) is 35.2 Å². The normalized spacial score (nSPS) is 20.6. The van der Waals surface area contributed by atoms with Gasteiger partial charge in [0.05, 0.1) is 5.69 Å². The molecule has 1 aromatic carbocycles. The van der Waals surface area contributed by atoms with Gasteiger partial charge >= 0.3 is 0 Å². The zero-order valence-corrected chi connectivity index (χ0v) is 14.4. The van der Waals surface area contributed by atoms with Crippen molar-refractivity contribution in [3.63, 3.8) is 0 Å². The summed E-state index contributed by atoms with van der Waals surface area (Å²) in [5, 5.41) is 14.1. The van der Waals surface area contributed by atoms with E-state index in [9.17, 15) is 4.79 Å². The molecule has 7 heteroatoms. The van der Waals surface area contributed by atoms with Gasteiger partial charge in [-0.3, -0.25) is 9.89 Å². The van der Waals surface area contributed by atoms with Crippen LogP contribution in [0.4, 0.5) is 0 Å². The predicted octanol–water partition coefficient (Wildman–Crippen LogP) is 2.88. The fourth-order valence-electron chi connectivity index (χ4n) is 2.64. The molecule has 1 fully saturated rings. The number of aromatic amines is 1. The second-order valence-corrected chi connectivity index (χ2v) is 6.16. The number of piperidine rings is 1. The maximum Gasteiger partial charge on any atom is 0.269 e. The highest BCUT2D eigenvalue weighted by Crippen LogP contribution is 2.20. The third kappa shape index (κ3) is 4.25. The number of halogens is 2. The van der Waals surface area contributed by atoms with Crippen molar-refractivity contribution in [2.45, 2.75) is 19.4 Å². The van der Waals surface area contributed by atoms with Crippen molar-refractivity contribution in [3.05, 3.63) is 41.0 Å². The lowest BCUT2D eigenvalue weighted by molar-refractivity contribution is 0.0910. The number of hydrogen-bond acceptors (Lipinski definition) is 3. The van der Waals surface area contributed by atoms with Crippen LogP contribution in [-0.2, 0) is 0 Å². The van der Waals surface area contributed by atoms with E-state index in [-0.39, 0.29) is 24.4 Å². The Labute approximate surface area is 146 Å². The molecule has 2 aromatic rings. The fraction of sp³-hybridized carbons (Fsp3) is 0.375. The van der Waals surface area contributed by atoms with E-state index in [1.54, 1.807) is 18.2 Å². The SMILES string of the molecule is CC1CCNCC1NC(=O)c1cc(-c2ccc(Cl)cc2)n[nH]1.Cl. The third-order valence-electron chi connectivity index (χ3n) is 4.11. The Hall–Kier alpha value is -1.56. The van der Waals surface area contributed by atoms with Gasteiger partial charge in [0.25, 0.3) is 5.91 Å². The molecule has 23 heavy (non-hydrogen) atoms. The van der Waals surface area contributed by atoms with Crippen molar-refractivity contribution in [1.29, 1.82) is 0 Å². The van der Waals surface area contributed by atoms with Gasteiger partial charge in [-0.15, -0.1) is 12.4 Å². The highest BCUT2D eigenvalue weighted by Gasteiger charge is 2.23. The molecule has 2 atom stereocenters. The van der Waals surface area contributed by atoms with E-state index in [1.807, 2.05) is 12.1 Å². The molecule has 0 aliphatic carbocycles. The molecule has 124 valence electrons. The Balaban J connectivity index is 0.00000192. The number of benzene rings is 1. The van der Waals surface area contributed by atoms with Crippen LogP contribution in [0.15, 0.2) is 30.3 Å². The lowest BCUT2D eigenvalue weighted by Gasteiger charge is -2.29. The summed E-state index contributed by atoms with van der Waals surface area (Å²) in [7, 11) is 0. The minimum atomic E-state index is -0.117.